The van der Waals surface area contributed by atoms with E-state index >= 15 is 0 Å². The molecule has 0 aliphatic carbocycles. The average molecular weight is 304 g/mol. The standard InChI is InChI=1S/C15H21FN6/c1-4-22-10-20-21-14(22)9-19-15(17-3)18-8-12-5-6-13(16)11(2)7-12/h5-7,10H,4,8-9H2,1-3H3,(H2,17,18,19). The van der Waals surface area contributed by atoms with Crippen LogP contribution < -0.4 is 10.6 Å². The van der Waals surface area contributed by atoms with Crippen LogP contribution in [0.4, 0.5) is 4.39 Å². The van der Waals surface area contributed by atoms with Crippen LogP contribution >= 0.6 is 0 Å². The number of nitrogens with zero attached hydrogens (tertiary/aromatic N) is 4. The van der Waals surface area contributed by atoms with Gasteiger partial charge in [0, 0.05) is 20.1 Å². The van der Waals surface area contributed by atoms with Crippen molar-refractivity contribution in [2.75, 3.05) is 7.05 Å². The van der Waals surface area contributed by atoms with Gasteiger partial charge in [-0.15, -0.1) is 10.2 Å². The molecule has 0 amide bonds. The van der Waals surface area contributed by atoms with Gasteiger partial charge in [-0.3, -0.25) is 4.99 Å². The van der Waals surface area contributed by atoms with E-state index in [0.29, 0.717) is 24.6 Å². The molecule has 1 heterocycles. The van der Waals surface area contributed by atoms with Gasteiger partial charge in [0.1, 0.15) is 12.1 Å². The van der Waals surface area contributed by atoms with E-state index in [9.17, 15) is 4.39 Å². The lowest BCUT2D eigenvalue weighted by atomic mass is 10.1. The molecule has 0 saturated carbocycles. The summed E-state index contributed by atoms with van der Waals surface area (Å²) in [4.78, 5) is 4.16. The molecule has 2 N–H and O–H groups in total. The Kier molecular flexibility index (Phi) is 5.46. The molecule has 6 nitrogen and oxygen atoms in total. The van der Waals surface area contributed by atoms with Crippen molar-refractivity contribution in [3.05, 3.63) is 47.3 Å². The minimum atomic E-state index is -0.190. The van der Waals surface area contributed by atoms with Gasteiger partial charge in [-0.2, -0.15) is 0 Å². The molecular weight excluding hydrogens is 283 g/mol. The van der Waals surface area contributed by atoms with Gasteiger partial charge in [0.25, 0.3) is 0 Å². The highest BCUT2D eigenvalue weighted by Crippen LogP contribution is 2.08. The molecule has 7 heteroatoms. The first-order chi connectivity index (χ1) is 10.6. The maximum Gasteiger partial charge on any atom is 0.191 e. The normalized spacial score (nSPS) is 11.5. The summed E-state index contributed by atoms with van der Waals surface area (Å²) >= 11 is 0. The molecule has 0 saturated heterocycles. The smallest absolute Gasteiger partial charge is 0.191 e. The molecule has 0 unspecified atom stereocenters. The van der Waals surface area contributed by atoms with Gasteiger partial charge in [-0.25, -0.2) is 4.39 Å². The van der Waals surface area contributed by atoms with E-state index in [1.54, 1.807) is 26.4 Å². The molecule has 0 aliphatic heterocycles. The van der Waals surface area contributed by atoms with Crippen LogP contribution in [0.5, 0.6) is 0 Å². The molecule has 0 bridgehead atoms. The van der Waals surface area contributed by atoms with Gasteiger partial charge in [0.2, 0.25) is 0 Å². The maximum atomic E-state index is 13.2. The van der Waals surface area contributed by atoms with Crippen LogP contribution in [0, 0.1) is 12.7 Å². The molecule has 2 rings (SSSR count). The predicted molar refractivity (Wildman–Crippen MR) is 83.9 cm³/mol. The fraction of sp³-hybridized carbons (Fsp3) is 0.400. The molecule has 1 aromatic carbocycles. The fourth-order valence-electron chi connectivity index (χ4n) is 2.07. The minimum absolute atomic E-state index is 0.190. The Balaban J connectivity index is 1.88. The number of guanidine groups is 1. The van der Waals surface area contributed by atoms with Crippen molar-refractivity contribution in [3.8, 4) is 0 Å². The van der Waals surface area contributed by atoms with Gasteiger partial charge < -0.3 is 15.2 Å². The van der Waals surface area contributed by atoms with Crippen molar-refractivity contribution in [3.63, 3.8) is 0 Å². The summed E-state index contributed by atoms with van der Waals surface area (Å²) in [5.41, 5.74) is 1.64. The summed E-state index contributed by atoms with van der Waals surface area (Å²) < 4.78 is 15.2. The lowest BCUT2D eigenvalue weighted by molar-refractivity contribution is 0.617. The second kappa shape index (κ2) is 7.53. The summed E-state index contributed by atoms with van der Waals surface area (Å²) in [7, 11) is 1.70. The molecule has 0 radical (unpaired) electrons. The number of hydrogen-bond acceptors (Lipinski definition) is 3. The van der Waals surface area contributed by atoms with Crippen molar-refractivity contribution in [2.24, 2.45) is 4.99 Å². The number of rotatable bonds is 5. The molecule has 0 aliphatic rings. The highest BCUT2D eigenvalue weighted by Gasteiger charge is 2.05. The zero-order valence-corrected chi connectivity index (χ0v) is 13.1. The Morgan fingerprint density at radius 1 is 1.32 bits per heavy atom. The fourth-order valence-corrected chi connectivity index (χ4v) is 2.07. The van der Waals surface area contributed by atoms with Crippen LogP contribution in [0.25, 0.3) is 0 Å². The lowest BCUT2D eigenvalue weighted by Gasteiger charge is -2.12. The zero-order chi connectivity index (χ0) is 15.9. The van der Waals surface area contributed by atoms with Gasteiger partial charge >= 0.3 is 0 Å². The first-order valence-corrected chi connectivity index (χ1v) is 7.20. The number of aryl methyl sites for hydroxylation is 2. The maximum absolute atomic E-state index is 13.2. The Bertz CT molecular complexity index is 649. The number of hydrogen-bond donors (Lipinski definition) is 2. The largest absolute Gasteiger partial charge is 0.352 e. The van der Waals surface area contributed by atoms with Crippen molar-refractivity contribution in [1.29, 1.82) is 0 Å². The number of halogens is 1. The third kappa shape index (κ3) is 4.03. The third-order valence-corrected chi connectivity index (χ3v) is 3.36. The van der Waals surface area contributed by atoms with Crippen LogP contribution in [0.15, 0.2) is 29.5 Å². The van der Waals surface area contributed by atoms with E-state index in [4.69, 9.17) is 0 Å². The van der Waals surface area contributed by atoms with E-state index in [0.717, 1.165) is 17.9 Å². The van der Waals surface area contributed by atoms with Crippen LogP contribution in [-0.2, 0) is 19.6 Å². The number of benzene rings is 1. The topological polar surface area (TPSA) is 67.1 Å². The first kappa shape index (κ1) is 15.9. The molecule has 0 fully saturated rings. The highest BCUT2D eigenvalue weighted by atomic mass is 19.1. The van der Waals surface area contributed by atoms with Crippen LogP contribution in [-0.4, -0.2) is 27.8 Å². The van der Waals surface area contributed by atoms with Crippen LogP contribution in [0.1, 0.15) is 23.9 Å². The third-order valence-electron chi connectivity index (χ3n) is 3.36. The molecular formula is C15H21FN6. The first-order valence-electron chi connectivity index (χ1n) is 7.20. The SMILES string of the molecule is CCn1cnnc1CNC(=NC)NCc1ccc(F)c(C)c1. The summed E-state index contributed by atoms with van der Waals surface area (Å²) in [6.45, 7) is 5.72. The van der Waals surface area contributed by atoms with Crippen LogP contribution in [0.2, 0.25) is 0 Å². The minimum Gasteiger partial charge on any atom is -0.352 e. The quantitative estimate of drug-likeness (QED) is 0.650. The van der Waals surface area contributed by atoms with Crippen molar-refractivity contribution < 1.29 is 4.39 Å². The van der Waals surface area contributed by atoms with Crippen LogP contribution in [0.3, 0.4) is 0 Å². The Hall–Kier alpha value is -2.44. The van der Waals surface area contributed by atoms with Crippen molar-refractivity contribution in [1.82, 2.24) is 25.4 Å². The van der Waals surface area contributed by atoms with E-state index in [1.807, 2.05) is 17.6 Å². The molecule has 118 valence electrons. The predicted octanol–water partition coefficient (Wildman–Crippen LogP) is 1.61. The molecule has 0 spiro atoms. The van der Waals surface area contributed by atoms with E-state index in [2.05, 4.69) is 25.8 Å². The Morgan fingerprint density at radius 2 is 2.09 bits per heavy atom. The van der Waals surface area contributed by atoms with Crippen molar-refractivity contribution in [2.45, 2.75) is 33.5 Å². The second-order valence-electron chi connectivity index (χ2n) is 4.90. The van der Waals surface area contributed by atoms with Gasteiger partial charge in [-0.05, 0) is 31.0 Å². The van der Waals surface area contributed by atoms with Gasteiger partial charge in [0.05, 0.1) is 6.54 Å². The number of nitrogens with one attached hydrogen (secondary N) is 2. The highest BCUT2D eigenvalue weighted by molar-refractivity contribution is 5.79. The second-order valence-corrected chi connectivity index (χ2v) is 4.90. The Morgan fingerprint density at radius 3 is 2.77 bits per heavy atom. The molecule has 1 aromatic heterocycles. The summed E-state index contributed by atoms with van der Waals surface area (Å²) in [5, 5.41) is 14.3. The lowest BCUT2D eigenvalue weighted by Crippen LogP contribution is -2.37. The molecule has 22 heavy (non-hydrogen) atoms. The number of aliphatic imine (C=N–C) groups is 1. The summed E-state index contributed by atoms with van der Waals surface area (Å²) in [6, 6.07) is 5.06. The summed E-state index contributed by atoms with van der Waals surface area (Å²) in [6.07, 6.45) is 1.70. The van der Waals surface area contributed by atoms with E-state index < -0.39 is 0 Å². The van der Waals surface area contributed by atoms with Crippen molar-refractivity contribution >= 4 is 5.96 Å². The van der Waals surface area contributed by atoms with Gasteiger partial charge in [0.15, 0.2) is 11.8 Å². The summed E-state index contributed by atoms with van der Waals surface area (Å²) in [5.74, 6) is 1.32. The van der Waals surface area contributed by atoms with Gasteiger partial charge in [-0.1, -0.05) is 12.1 Å². The molecule has 0 atom stereocenters. The monoisotopic (exact) mass is 304 g/mol. The zero-order valence-electron chi connectivity index (χ0n) is 13.1. The average Bonchev–Trinajstić information content (AvgIpc) is 2.98. The molecule has 2 aromatic rings. The Labute approximate surface area is 129 Å². The number of aromatic nitrogens is 3. The van der Waals surface area contributed by atoms with E-state index in [1.165, 1.54) is 6.07 Å². The van der Waals surface area contributed by atoms with E-state index in [-0.39, 0.29) is 5.82 Å².